The fraction of sp³-hybridized carbons (Fsp3) is 0.400. The molecule has 0 spiro atoms. The van der Waals surface area contributed by atoms with Crippen LogP contribution in [0, 0.1) is 0 Å². The zero-order valence-electron chi connectivity index (χ0n) is 20.4. The van der Waals surface area contributed by atoms with Crippen LogP contribution in [0.1, 0.15) is 30.5 Å². The molecule has 188 valence electrons. The van der Waals surface area contributed by atoms with Gasteiger partial charge in [0.15, 0.2) is 11.5 Å². The number of benzene rings is 2. The highest BCUT2D eigenvalue weighted by atomic mass is 33.1. The van der Waals surface area contributed by atoms with Gasteiger partial charge in [-0.05, 0) is 56.3 Å². The molecule has 1 aliphatic heterocycles. The minimum Gasteiger partial charge on any atom is -0.493 e. The van der Waals surface area contributed by atoms with Crippen LogP contribution in [0.2, 0.25) is 0 Å². The Hall–Kier alpha value is -2.69. The molecule has 0 atom stereocenters. The van der Waals surface area contributed by atoms with E-state index in [2.05, 4.69) is 43.9 Å². The van der Waals surface area contributed by atoms with E-state index in [4.69, 9.17) is 9.47 Å². The molecule has 1 amide bonds. The molecular weight excluding hydrogens is 482 g/mol. The van der Waals surface area contributed by atoms with Gasteiger partial charge in [-0.25, -0.2) is 0 Å². The Morgan fingerprint density at radius 1 is 1.11 bits per heavy atom. The van der Waals surface area contributed by atoms with Crippen LogP contribution in [0.3, 0.4) is 0 Å². The summed E-state index contributed by atoms with van der Waals surface area (Å²) in [6.45, 7) is 1.74. The molecule has 0 saturated heterocycles. The van der Waals surface area contributed by atoms with Crippen LogP contribution in [0.25, 0.3) is 5.69 Å². The number of nitrogens with one attached hydrogen (secondary N) is 4. The maximum atomic E-state index is 12.0. The normalized spacial score (nSPS) is 11.7. The first-order valence-corrected chi connectivity index (χ1v) is 14.1. The molecule has 2 heterocycles. The van der Waals surface area contributed by atoms with Crippen LogP contribution in [-0.4, -0.2) is 55.8 Å². The van der Waals surface area contributed by atoms with E-state index >= 15 is 0 Å². The SMILES string of the molecule is CNCCCCNC(=O)CCSSc1cccc(Nc2[nH]n3c2Cc2cc(OC)c(OC)cc2-3)c1. The van der Waals surface area contributed by atoms with Gasteiger partial charge >= 0.3 is 0 Å². The van der Waals surface area contributed by atoms with Gasteiger partial charge in [-0.1, -0.05) is 27.7 Å². The molecule has 4 rings (SSSR count). The van der Waals surface area contributed by atoms with Crippen LogP contribution in [-0.2, 0) is 11.2 Å². The molecule has 10 heteroatoms. The molecule has 8 nitrogen and oxygen atoms in total. The van der Waals surface area contributed by atoms with Crippen molar-refractivity contribution in [3.05, 3.63) is 47.7 Å². The first kappa shape index (κ1) is 25.4. The van der Waals surface area contributed by atoms with Crippen LogP contribution in [0.5, 0.6) is 11.5 Å². The fourth-order valence-corrected chi connectivity index (χ4v) is 5.99. The van der Waals surface area contributed by atoms with Crippen molar-refractivity contribution in [2.75, 3.05) is 45.4 Å². The summed E-state index contributed by atoms with van der Waals surface area (Å²) in [4.78, 5) is 13.1. The Labute approximate surface area is 214 Å². The van der Waals surface area contributed by atoms with E-state index in [1.54, 1.807) is 35.8 Å². The third kappa shape index (κ3) is 6.31. The molecule has 0 unspecified atom stereocenters. The number of carbonyl (C=O) groups is 1. The molecule has 0 bridgehead atoms. The van der Waals surface area contributed by atoms with E-state index in [1.165, 1.54) is 11.3 Å². The number of carbonyl (C=O) groups excluding carboxylic acids is 1. The highest BCUT2D eigenvalue weighted by molar-refractivity contribution is 8.76. The zero-order valence-corrected chi connectivity index (χ0v) is 22.0. The highest BCUT2D eigenvalue weighted by Crippen LogP contribution is 2.41. The predicted octanol–water partition coefficient (Wildman–Crippen LogP) is 4.72. The third-order valence-corrected chi connectivity index (χ3v) is 8.18. The lowest BCUT2D eigenvalue weighted by Gasteiger charge is -2.19. The summed E-state index contributed by atoms with van der Waals surface area (Å²) in [6, 6.07) is 12.4. The number of ether oxygens (including phenoxy) is 2. The van der Waals surface area contributed by atoms with Crippen LogP contribution in [0.4, 0.5) is 11.5 Å². The minimum absolute atomic E-state index is 0.125. The number of methoxy groups -OCH3 is 2. The molecule has 35 heavy (non-hydrogen) atoms. The van der Waals surface area contributed by atoms with Crippen molar-refractivity contribution in [3.8, 4) is 17.2 Å². The van der Waals surface area contributed by atoms with Gasteiger partial charge in [-0.3, -0.25) is 14.6 Å². The lowest BCUT2D eigenvalue weighted by Crippen LogP contribution is -2.25. The Morgan fingerprint density at radius 3 is 2.71 bits per heavy atom. The maximum Gasteiger partial charge on any atom is 0.220 e. The number of hydrogen-bond donors (Lipinski definition) is 4. The fourth-order valence-electron chi connectivity index (χ4n) is 3.97. The first-order valence-electron chi connectivity index (χ1n) is 11.8. The van der Waals surface area contributed by atoms with Crippen molar-refractivity contribution in [2.45, 2.75) is 30.6 Å². The quantitative estimate of drug-likeness (QED) is 0.143. The monoisotopic (exact) mass is 515 g/mol. The van der Waals surface area contributed by atoms with E-state index in [0.717, 1.165) is 71.7 Å². The number of nitrogens with zero attached hydrogens (tertiary/aromatic N) is 1. The number of anilines is 2. The van der Waals surface area contributed by atoms with Crippen molar-refractivity contribution in [1.29, 1.82) is 0 Å². The van der Waals surface area contributed by atoms with Gasteiger partial charge in [-0.2, -0.15) is 0 Å². The van der Waals surface area contributed by atoms with E-state index in [0.29, 0.717) is 6.42 Å². The van der Waals surface area contributed by atoms with Crippen LogP contribution >= 0.6 is 21.6 Å². The number of fused-ring (bicyclic) bond motifs is 3. The summed E-state index contributed by atoms with van der Waals surface area (Å²) in [7, 11) is 8.65. The van der Waals surface area contributed by atoms with E-state index in [1.807, 2.05) is 25.2 Å². The van der Waals surface area contributed by atoms with Gasteiger partial charge in [0.05, 0.1) is 25.6 Å². The van der Waals surface area contributed by atoms with Gasteiger partial charge in [0.1, 0.15) is 5.82 Å². The summed E-state index contributed by atoms with van der Waals surface area (Å²) in [5.41, 5.74) is 4.51. The number of unbranched alkanes of at least 4 members (excludes halogenated alkanes) is 1. The molecule has 3 aromatic rings. The van der Waals surface area contributed by atoms with Gasteiger partial charge in [-0.15, -0.1) is 0 Å². The molecule has 0 fully saturated rings. The Morgan fingerprint density at radius 2 is 1.91 bits per heavy atom. The number of amides is 1. The van der Waals surface area contributed by atoms with Gasteiger partial charge in [0.25, 0.3) is 0 Å². The number of H-pyrrole nitrogens is 1. The lowest BCUT2D eigenvalue weighted by molar-refractivity contribution is -0.120. The molecule has 0 radical (unpaired) electrons. The van der Waals surface area contributed by atoms with Gasteiger partial charge < -0.3 is 25.4 Å². The van der Waals surface area contributed by atoms with E-state index < -0.39 is 0 Å². The highest BCUT2D eigenvalue weighted by Gasteiger charge is 2.27. The average molecular weight is 516 g/mol. The Balaban J connectivity index is 1.25. The number of aromatic amines is 1. The Bertz CT molecular complexity index is 1140. The second kappa shape index (κ2) is 12.3. The number of aromatic nitrogens is 2. The van der Waals surface area contributed by atoms with Crippen molar-refractivity contribution < 1.29 is 14.3 Å². The predicted molar refractivity (Wildman–Crippen MR) is 145 cm³/mol. The van der Waals surface area contributed by atoms with Gasteiger partial charge in [0.2, 0.25) is 5.91 Å². The van der Waals surface area contributed by atoms with Crippen molar-refractivity contribution in [2.24, 2.45) is 0 Å². The third-order valence-electron chi connectivity index (χ3n) is 5.81. The summed E-state index contributed by atoms with van der Waals surface area (Å²) in [5, 5.41) is 13.0. The molecule has 0 aliphatic carbocycles. The smallest absolute Gasteiger partial charge is 0.220 e. The molecule has 1 aromatic heterocycles. The second-order valence-electron chi connectivity index (χ2n) is 8.25. The summed E-state index contributed by atoms with van der Waals surface area (Å²) >= 11 is 0. The summed E-state index contributed by atoms with van der Waals surface area (Å²) in [5.74, 6) is 3.37. The van der Waals surface area contributed by atoms with Crippen molar-refractivity contribution >= 4 is 39.0 Å². The standard InChI is InChI=1S/C25H33N5O3S2/c1-26-10-4-5-11-27-24(31)9-12-34-35-19-8-6-7-18(15-19)28-25-21-13-17-14-22(32-2)23(33-3)16-20(17)30(21)29-25/h6-8,14-16,26,28-29H,4-5,9-13H2,1-3H3,(H,27,31). The van der Waals surface area contributed by atoms with Crippen molar-refractivity contribution in [1.82, 2.24) is 20.4 Å². The maximum absolute atomic E-state index is 12.0. The summed E-state index contributed by atoms with van der Waals surface area (Å²) < 4.78 is 13.0. The van der Waals surface area contributed by atoms with E-state index in [-0.39, 0.29) is 5.91 Å². The largest absolute Gasteiger partial charge is 0.493 e. The second-order valence-corrected chi connectivity index (χ2v) is 10.7. The molecular formula is C25H33N5O3S2. The lowest BCUT2D eigenvalue weighted by atomic mass is 10.1. The summed E-state index contributed by atoms with van der Waals surface area (Å²) in [6.07, 6.45) is 3.45. The molecule has 4 N–H and O–H groups in total. The van der Waals surface area contributed by atoms with Crippen molar-refractivity contribution in [3.63, 3.8) is 0 Å². The average Bonchev–Trinajstić information content (AvgIpc) is 3.15. The minimum atomic E-state index is 0.125. The van der Waals surface area contributed by atoms with Crippen LogP contribution < -0.4 is 25.4 Å². The molecule has 1 aliphatic rings. The first-order chi connectivity index (χ1) is 17.1. The van der Waals surface area contributed by atoms with Crippen LogP contribution in [0.15, 0.2) is 41.3 Å². The molecule has 0 saturated carbocycles. The van der Waals surface area contributed by atoms with E-state index in [9.17, 15) is 4.79 Å². The molecule has 2 aromatic carbocycles. The Kier molecular flexibility index (Phi) is 8.95. The van der Waals surface area contributed by atoms with Gasteiger partial charge in [0, 0.05) is 41.8 Å². The number of rotatable bonds is 14. The number of hydrogen-bond acceptors (Lipinski definition) is 7. The zero-order chi connectivity index (χ0) is 24.6. The topological polar surface area (TPSA) is 92.3 Å².